The molecule has 2 nitrogen and oxygen atoms in total. The van der Waals surface area contributed by atoms with Gasteiger partial charge in [0.2, 0.25) is 0 Å². The second-order valence-electron chi connectivity index (χ2n) is 4.75. The number of ether oxygens (including phenoxy) is 1. The van der Waals surface area contributed by atoms with Crippen LogP contribution >= 0.6 is 0 Å². The van der Waals surface area contributed by atoms with Crippen molar-refractivity contribution in [3.63, 3.8) is 0 Å². The molecule has 2 aliphatic rings. The van der Waals surface area contributed by atoms with Crippen LogP contribution in [0, 0.1) is 11.8 Å². The Bertz CT molecular complexity index is 179. The zero-order chi connectivity index (χ0) is 9.42. The highest BCUT2D eigenvalue weighted by Gasteiger charge is 2.37. The molecule has 1 saturated carbocycles. The van der Waals surface area contributed by atoms with E-state index in [0.717, 1.165) is 18.5 Å². The molecule has 0 aromatic carbocycles. The van der Waals surface area contributed by atoms with Crippen LogP contribution in [0.5, 0.6) is 0 Å². The minimum atomic E-state index is 0.441. The molecule has 0 spiro atoms. The van der Waals surface area contributed by atoms with Crippen molar-refractivity contribution in [3.8, 4) is 0 Å². The minimum absolute atomic E-state index is 0.441. The fraction of sp³-hybridized carbons (Fsp3) is 1.00. The van der Waals surface area contributed by atoms with E-state index < -0.39 is 0 Å². The molecule has 2 fully saturated rings. The van der Waals surface area contributed by atoms with Crippen LogP contribution in [0.3, 0.4) is 0 Å². The molecule has 0 aromatic heterocycles. The largest absolute Gasteiger partial charge is 0.375 e. The van der Waals surface area contributed by atoms with Crippen molar-refractivity contribution in [1.82, 2.24) is 5.32 Å². The Morgan fingerprint density at radius 1 is 1.15 bits per heavy atom. The first-order valence-corrected chi connectivity index (χ1v) is 5.57. The first-order chi connectivity index (χ1) is 6.18. The lowest BCUT2D eigenvalue weighted by atomic mass is 9.89. The molecule has 0 aromatic rings. The van der Waals surface area contributed by atoms with Crippen molar-refractivity contribution < 1.29 is 4.74 Å². The fourth-order valence-corrected chi connectivity index (χ4v) is 2.28. The Balaban J connectivity index is 1.81. The maximum absolute atomic E-state index is 5.80. The quantitative estimate of drug-likeness (QED) is 0.720. The van der Waals surface area contributed by atoms with Crippen LogP contribution in [0.15, 0.2) is 0 Å². The van der Waals surface area contributed by atoms with Gasteiger partial charge in [0.05, 0.1) is 12.2 Å². The van der Waals surface area contributed by atoms with Crippen LogP contribution in [-0.4, -0.2) is 24.8 Å². The summed E-state index contributed by atoms with van der Waals surface area (Å²) in [6.45, 7) is 7.86. The summed E-state index contributed by atoms with van der Waals surface area (Å²) >= 11 is 0. The predicted octanol–water partition coefficient (Wildman–Crippen LogP) is 1.80. The molecule has 1 saturated heterocycles. The van der Waals surface area contributed by atoms with E-state index in [4.69, 9.17) is 4.74 Å². The van der Waals surface area contributed by atoms with Crippen molar-refractivity contribution in [2.24, 2.45) is 11.8 Å². The van der Waals surface area contributed by atoms with E-state index in [-0.39, 0.29) is 0 Å². The summed E-state index contributed by atoms with van der Waals surface area (Å²) < 4.78 is 5.80. The Morgan fingerprint density at radius 2 is 1.85 bits per heavy atom. The molecule has 0 radical (unpaired) electrons. The molecule has 1 N–H and O–H groups in total. The lowest BCUT2D eigenvalue weighted by Gasteiger charge is -2.18. The normalized spacial score (nSPS) is 45.5. The summed E-state index contributed by atoms with van der Waals surface area (Å²) in [6.07, 6.45) is 3.65. The van der Waals surface area contributed by atoms with Gasteiger partial charge >= 0.3 is 0 Å². The number of hydrogen-bond donors (Lipinski definition) is 1. The molecule has 2 heteroatoms. The van der Waals surface area contributed by atoms with Crippen LogP contribution in [0.25, 0.3) is 0 Å². The molecule has 4 unspecified atom stereocenters. The molecule has 13 heavy (non-hydrogen) atoms. The third-order valence-electron chi connectivity index (χ3n) is 3.67. The van der Waals surface area contributed by atoms with Crippen molar-refractivity contribution >= 4 is 0 Å². The van der Waals surface area contributed by atoms with Crippen molar-refractivity contribution in [1.29, 1.82) is 0 Å². The van der Waals surface area contributed by atoms with Crippen LogP contribution in [-0.2, 0) is 4.74 Å². The van der Waals surface area contributed by atoms with Gasteiger partial charge in [0.1, 0.15) is 0 Å². The van der Waals surface area contributed by atoms with Gasteiger partial charge < -0.3 is 10.1 Å². The second-order valence-corrected chi connectivity index (χ2v) is 4.75. The molecule has 76 valence electrons. The first-order valence-electron chi connectivity index (χ1n) is 5.57. The third-order valence-corrected chi connectivity index (χ3v) is 3.67. The second kappa shape index (κ2) is 3.58. The van der Waals surface area contributed by atoms with E-state index in [2.05, 4.69) is 26.1 Å². The Labute approximate surface area is 81.0 Å². The monoisotopic (exact) mass is 183 g/mol. The summed E-state index contributed by atoms with van der Waals surface area (Å²) in [5.41, 5.74) is 0. The number of nitrogens with one attached hydrogen (secondary N) is 1. The smallest absolute Gasteiger partial charge is 0.0594 e. The predicted molar refractivity (Wildman–Crippen MR) is 53.7 cm³/mol. The third kappa shape index (κ3) is 2.05. The summed E-state index contributed by atoms with van der Waals surface area (Å²) in [6, 6.07) is 0.829. The van der Waals surface area contributed by atoms with E-state index >= 15 is 0 Å². The zero-order valence-corrected chi connectivity index (χ0v) is 8.92. The molecule has 4 atom stereocenters. The average molecular weight is 183 g/mol. The van der Waals surface area contributed by atoms with Gasteiger partial charge in [0, 0.05) is 18.5 Å². The Kier molecular flexibility index (Phi) is 2.61. The van der Waals surface area contributed by atoms with Crippen LogP contribution < -0.4 is 5.32 Å². The minimum Gasteiger partial charge on any atom is -0.375 e. The van der Waals surface area contributed by atoms with Gasteiger partial charge in [-0.15, -0.1) is 0 Å². The van der Waals surface area contributed by atoms with E-state index in [9.17, 15) is 0 Å². The van der Waals surface area contributed by atoms with Crippen LogP contribution in [0.1, 0.15) is 33.6 Å². The van der Waals surface area contributed by atoms with Crippen LogP contribution in [0.4, 0.5) is 0 Å². The molecule has 0 bridgehead atoms. The number of rotatable bonds is 3. The summed E-state index contributed by atoms with van der Waals surface area (Å²) in [5, 5.41) is 3.60. The van der Waals surface area contributed by atoms with Gasteiger partial charge in [-0.05, 0) is 32.6 Å². The van der Waals surface area contributed by atoms with Crippen molar-refractivity contribution in [3.05, 3.63) is 0 Å². The van der Waals surface area contributed by atoms with Gasteiger partial charge in [0.25, 0.3) is 0 Å². The van der Waals surface area contributed by atoms with Gasteiger partial charge in [0.15, 0.2) is 0 Å². The van der Waals surface area contributed by atoms with Gasteiger partial charge in [-0.2, -0.15) is 0 Å². The summed E-state index contributed by atoms with van der Waals surface area (Å²) in [4.78, 5) is 0. The molecule has 1 aliphatic carbocycles. The van der Waals surface area contributed by atoms with Gasteiger partial charge in [-0.3, -0.25) is 0 Å². The SMILES string of the molecule is CC1OC(C)C(CNC2CC2)C1C. The lowest BCUT2D eigenvalue weighted by Crippen LogP contribution is -2.31. The maximum Gasteiger partial charge on any atom is 0.0594 e. The first kappa shape index (κ1) is 9.47. The van der Waals surface area contributed by atoms with E-state index in [1.54, 1.807) is 0 Å². The van der Waals surface area contributed by atoms with E-state index in [1.165, 1.54) is 12.8 Å². The highest BCUT2D eigenvalue weighted by atomic mass is 16.5. The summed E-state index contributed by atoms with van der Waals surface area (Å²) in [7, 11) is 0. The number of hydrogen-bond acceptors (Lipinski definition) is 2. The van der Waals surface area contributed by atoms with Crippen molar-refractivity contribution in [2.75, 3.05) is 6.54 Å². The molecular formula is C11H21NO. The molecule has 1 heterocycles. The Hall–Kier alpha value is -0.0800. The highest BCUT2D eigenvalue weighted by Crippen LogP contribution is 2.32. The van der Waals surface area contributed by atoms with Gasteiger partial charge in [-0.25, -0.2) is 0 Å². The topological polar surface area (TPSA) is 21.3 Å². The molecule has 1 aliphatic heterocycles. The molecule has 2 rings (SSSR count). The van der Waals surface area contributed by atoms with E-state index in [0.29, 0.717) is 18.1 Å². The fourth-order valence-electron chi connectivity index (χ4n) is 2.28. The average Bonchev–Trinajstić information content (AvgIpc) is 2.84. The lowest BCUT2D eigenvalue weighted by molar-refractivity contribution is 0.0511. The van der Waals surface area contributed by atoms with Gasteiger partial charge in [-0.1, -0.05) is 6.92 Å². The highest BCUT2D eigenvalue weighted by molar-refractivity contribution is 4.88. The summed E-state index contributed by atoms with van der Waals surface area (Å²) in [5.74, 6) is 1.43. The Morgan fingerprint density at radius 3 is 2.31 bits per heavy atom. The van der Waals surface area contributed by atoms with Crippen molar-refractivity contribution in [2.45, 2.75) is 51.9 Å². The van der Waals surface area contributed by atoms with Crippen LogP contribution in [0.2, 0.25) is 0 Å². The maximum atomic E-state index is 5.80. The van der Waals surface area contributed by atoms with E-state index in [1.807, 2.05) is 0 Å². The zero-order valence-electron chi connectivity index (χ0n) is 8.92. The molecule has 0 amide bonds. The molecular weight excluding hydrogens is 162 g/mol. The standard InChI is InChI=1S/C11H21NO/c1-7-8(2)13-9(3)11(7)6-12-10-4-5-10/h7-12H,4-6H2,1-3H3.